The molecular formula is C29H31ClN4O3. The zero-order valence-corrected chi connectivity index (χ0v) is 21.5. The van der Waals surface area contributed by atoms with Crippen LogP contribution in [0.4, 0.5) is 10.5 Å². The van der Waals surface area contributed by atoms with E-state index < -0.39 is 17.3 Å². The summed E-state index contributed by atoms with van der Waals surface area (Å²) in [4.78, 5) is 43.0. The molecule has 0 spiro atoms. The molecule has 0 aromatic heterocycles. The quantitative estimate of drug-likeness (QED) is 0.453. The van der Waals surface area contributed by atoms with Gasteiger partial charge in [0, 0.05) is 37.8 Å². The zero-order valence-electron chi connectivity index (χ0n) is 20.7. The Labute approximate surface area is 222 Å². The van der Waals surface area contributed by atoms with Crippen molar-refractivity contribution in [2.75, 3.05) is 25.0 Å². The molecule has 8 heteroatoms. The van der Waals surface area contributed by atoms with Gasteiger partial charge in [0.1, 0.15) is 11.4 Å². The second kappa shape index (κ2) is 12.4. The largest absolute Gasteiger partial charge is 0.342 e. The molecule has 0 bridgehead atoms. The number of hydrogen-bond donors (Lipinski definition) is 2. The van der Waals surface area contributed by atoms with E-state index in [0.29, 0.717) is 31.6 Å². The van der Waals surface area contributed by atoms with Crippen LogP contribution in [0.25, 0.3) is 0 Å². The summed E-state index contributed by atoms with van der Waals surface area (Å²) >= 11 is 6.45. The van der Waals surface area contributed by atoms with Crippen LogP contribution in [0.1, 0.15) is 23.4 Å². The van der Waals surface area contributed by atoms with Crippen LogP contribution >= 0.6 is 11.6 Å². The van der Waals surface area contributed by atoms with E-state index in [2.05, 4.69) is 10.6 Å². The van der Waals surface area contributed by atoms with Crippen LogP contribution in [0.3, 0.4) is 0 Å². The van der Waals surface area contributed by atoms with E-state index in [9.17, 15) is 14.4 Å². The molecule has 0 unspecified atom stereocenters. The lowest BCUT2D eigenvalue weighted by Gasteiger charge is -2.41. The summed E-state index contributed by atoms with van der Waals surface area (Å²) in [6.45, 7) is 3.04. The number of carbonyl (C=O) groups is 3. The van der Waals surface area contributed by atoms with Gasteiger partial charge in [-0.2, -0.15) is 0 Å². The third-order valence-electron chi connectivity index (χ3n) is 6.44. The lowest BCUT2D eigenvalue weighted by atomic mass is 10.0. The molecule has 3 aromatic carbocycles. The Kier molecular flexibility index (Phi) is 8.80. The van der Waals surface area contributed by atoms with Crippen molar-refractivity contribution >= 4 is 35.1 Å². The van der Waals surface area contributed by atoms with Crippen molar-refractivity contribution in [3.8, 4) is 0 Å². The summed E-state index contributed by atoms with van der Waals surface area (Å²) in [5.41, 5.74) is 2.32. The van der Waals surface area contributed by atoms with Crippen molar-refractivity contribution in [2.24, 2.45) is 0 Å². The van der Waals surface area contributed by atoms with Gasteiger partial charge in [0.25, 0.3) is 0 Å². The van der Waals surface area contributed by atoms with Gasteiger partial charge in [0.15, 0.2) is 0 Å². The van der Waals surface area contributed by atoms with Crippen LogP contribution in [0, 0.1) is 0 Å². The lowest BCUT2D eigenvalue weighted by molar-refractivity contribution is -0.138. The number of piperazine rings is 1. The molecule has 1 heterocycles. The van der Waals surface area contributed by atoms with Gasteiger partial charge in [-0.15, -0.1) is 11.6 Å². The molecule has 4 rings (SSSR count). The molecule has 37 heavy (non-hydrogen) atoms. The third kappa shape index (κ3) is 6.89. The zero-order chi connectivity index (χ0) is 26.2. The number of carbonyl (C=O) groups excluding carboxylic acids is 3. The first-order valence-electron chi connectivity index (χ1n) is 12.4. The number of urea groups is 1. The van der Waals surface area contributed by atoms with Crippen LogP contribution in [0.2, 0.25) is 0 Å². The van der Waals surface area contributed by atoms with E-state index in [-0.39, 0.29) is 18.0 Å². The molecule has 0 radical (unpaired) electrons. The highest BCUT2D eigenvalue weighted by Gasteiger charge is 2.34. The summed E-state index contributed by atoms with van der Waals surface area (Å²) in [5.74, 6) is -0.611. The minimum absolute atomic E-state index is 0.191. The number of para-hydroxylation sites is 1. The number of halogens is 1. The van der Waals surface area contributed by atoms with Crippen molar-refractivity contribution in [1.29, 1.82) is 0 Å². The van der Waals surface area contributed by atoms with E-state index >= 15 is 0 Å². The molecule has 3 atom stereocenters. The SMILES string of the molecule is C[C@@H]1CN(C(=O)[C@@H](Cc2ccccc2)NC(=O)[C@H](Cl)c2ccccc2)CCN1C(=O)Nc1ccccc1. The minimum Gasteiger partial charge on any atom is -0.342 e. The number of anilines is 1. The van der Waals surface area contributed by atoms with Crippen molar-refractivity contribution in [1.82, 2.24) is 15.1 Å². The van der Waals surface area contributed by atoms with Gasteiger partial charge < -0.3 is 20.4 Å². The maximum Gasteiger partial charge on any atom is 0.322 e. The van der Waals surface area contributed by atoms with Crippen LogP contribution < -0.4 is 10.6 Å². The average Bonchev–Trinajstić information content (AvgIpc) is 2.93. The van der Waals surface area contributed by atoms with E-state index in [4.69, 9.17) is 11.6 Å². The third-order valence-corrected chi connectivity index (χ3v) is 6.89. The molecule has 0 aliphatic carbocycles. The number of hydrogen-bond acceptors (Lipinski definition) is 3. The number of benzene rings is 3. The van der Waals surface area contributed by atoms with Crippen molar-refractivity contribution < 1.29 is 14.4 Å². The van der Waals surface area contributed by atoms with Gasteiger partial charge in [-0.3, -0.25) is 9.59 Å². The fourth-order valence-electron chi connectivity index (χ4n) is 4.46. The Bertz CT molecular complexity index is 1190. The standard InChI is InChI=1S/C29H31ClN4O3/c1-21-20-33(17-18-34(21)29(37)31-24-15-9-4-10-16-24)28(36)25(19-22-11-5-2-6-12-22)32-27(35)26(30)23-13-7-3-8-14-23/h2-16,21,25-26H,17-20H2,1H3,(H,31,37)(H,32,35)/t21-,25-,26-/m1/s1. The molecule has 2 N–H and O–H groups in total. The molecule has 192 valence electrons. The molecular weight excluding hydrogens is 488 g/mol. The van der Waals surface area contributed by atoms with Gasteiger partial charge in [-0.05, 0) is 30.2 Å². The molecule has 1 aliphatic heterocycles. The highest BCUT2D eigenvalue weighted by atomic mass is 35.5. The Morgan fingerprint density at radius 1 is 0.892 bits per heavy atom. The topological polar surface area (TPSA) is 81.8 Å². The summed E-state index contributed by atoms with van der Waals surface area (Å²) in [6.07, 6.45) is 0.340. The van der Waals surface area contributed by atoms with Crippen molar-refractivity contribution in [3.05, 3.63) is 102 Å². The summed E-state index contributed by atoms with van der Waals surface area (Å²) in [6, 6.07) is 26.7. The number of nitrogens with zero attached hydrogens (tertiary/aromatic N) is 2. The number of amides is 4. The van der Waals surface area contributed by atoms with Gasteiger partial charge in [-0.25, -0.2) is 4.79 Å². The first-order valence-corrected chi connectivity index (χ1v) is 12.8. The second-order valence-corrected chi connectivity index (χ2v) is 9.58. The van der Waals surface area contributed by atoms with Crippen LogP contribution in [0.5, 0.6) is 0 Å². The van der Waals surface area contributed by atoms with Crippen molar-refractivity contribution in [2.45, 2.75) is 30.8 Å². The van der Waals surface area contributed by atoms with E-state index in [1.807, 2.05) is 85.8 Å². The van der Waals surface area contributed by atoms with Gasteiger partial charge >= 0.3 is 6.03 Å². The Morgan fingerprint density at radius 3 is 2.11 bits per heavy atom. The van der Waals surface area contributed by atoms with E-state index in [0.717, 1.165) is 11.3 Å². The second-order valence-electron chi connectivity index (χ2n) is 9.15. The van der Waals surface area contributed by atoms with Crippen LogP contribution in [-0.2, 0) is 16.0 Å². The molecule has 1 aliphatic rings. The monoisotopic (exact) mass is 518 g/mol. The van der Waals surface area contributed by atoms with Gasteiger partial charge in [0.2, 0.25) is 11.8 Å². The van der Waals surface area contributed by atoms with E-state index in [1.54, 1.807) is 21.9 Å². The van der Waals surface area contributed by atoms with Crippen molar-refractivity contribution in [3.63, 3.8) is 0 Å². The fraction of sp³-hybridized carbons (Fsp3) is 0.276. The molecule has 0 saturated carbocycles. The number of rotatable bonds is 7. The average molecular weight is 519 g/mol. The Morgan fingerprint density at radius 2 is 1.49 bits per heavy atom. The lowest BCUT2D eigenvalue weighted by Crippen LogP contribution is -2.60. The first-order chi connectivity index (χ1) is 17.9. The van der Waals surface area contributed by atoms with Crippen LogP contribution in [-0.4, -0.2) is 59.4 Å². The maximum absolute atomic E-state index is 13.7. The molecule has 4 amide bonds. The summed E-state index contributed by atoms with van der Waals surface area (Å²) in [5, 5.41) is 4.88. The minimum atomic E-state index is -0.912. The van der Waals surface area contributed by atoms with E-state index in [1.165, 1.54) is 0 Å². The van der Waals surface area contributed by atoms with Gasteiger partial charge in [0.05, 0.1) is 0 Å². The smallest absolute Gasteiger partial charge is 0.322 e. The Balaban J connectivity index is 1.43. The summed E-state index contributed by atoms with van der Waals surface area (Å²) < 4.78 is 0. The number of alkyl halides is 1. The molecule has 1 fully saturated rings. The maximum atomic E-state index is 13.7. The molecule has 1 saturated heterocycles. The highest BCUT2D eigenvalue weighted by Crippen LogP contribution is 2.21. The first kappa shape index (κ1) is 26.2. The predicted molar refractivity (Wildman–Crippen MR) is 145 cm³/mol. The highest BCUT2D eigenvalue weighted by molar-refractivity contribution is 6.31. The normalized spacial score (nSPS) is 17.0. The molecule has 7 nitrogen and oxygen atoms in total. The molecule has 3 aromatic rings. The van der Waals surface area contributed by atoms with Crippen LogP contribution in [0.15, 0.2) is 91.0 Å². The summed E-state index contributed by atoms with van der Waals surface area (Å²) in [7, 11) is 0. The predicted octanol–water partition coefficient (Wildman–Crippen LogP) is 4.46. The fourth-order valence-corrected chi connectivity index (χ4v) is 4.67. The van der Waals surface area contributed by atoms with Gasteiger partial charge in [-0.1, -0.05) is 78.9 Å². The number of nitrogens with one attached hydrogen (secondary N) is 2. The Hall–Kier alpha value is -3.84.